The van der Waals surface area contributed by atoms with E-state index < -0.39 is 11.2 Å². The minimum Gasteiger partial charge on any atom is -0.351 e. The van der Waals surface area contributed by atoms with E-state index in [0.717, 1.165) is 0 Å². The van der Waals surface area contributed by atoms with Crippen molar-refractivity contribution in [3.63, 3.8) is 0 Å². The maximum Gasteiger partial charge on any atom is 0.286 e. The van der Waals surface area contributed by atoms with Crippen LogP contribution in [0.2, 0.25) is 0 Å². The van der Waals surface area contributed by atoms with E-state index in [2.05, 4.69) is 15.9 Å². The van der Waals surface area contributed by atoms with Crippen molar-refractivity contribution in [2.24, 2.45) is 0 Å². The molecule has 0 N–H and O–H groups in total. The third-order valence-electron chi connectivity index (χ3n) is 2.29. The van der Waals surface area contributed by atoms with Gasteiger partial charge in [0.15, 0.2) is 6.29 Å². The van der Waals surface area contributed by atoms with Crippen LogP contribution in [0.3, 0.4) is 0 Å². The topological polar surface area (TPSA) is 83.6 Å². The van der Waals surface area contributed by atoms with Gasteiger partial charge in [-0.15, -0.1) is 0 Å². The van der Waals surface area contributed by atoms with E-state index in [0.29, 0.717) is 13.2 Å². The Morgan fingerprint density at radius 1 is 1.42 bits per heavy atom. The molecular weight excluding hydrogens is 320 g/mol. The highest BCUT2D eigenvalue weighted by Crippen LogP contribution is 2.14. The summed E-state index contributed by atoms with van der Waals surface area (Å²) in [4.78, 5) is 22.1. The number of nitro groups is 1. The number of rotatable bonds is 7. The minimum atomic E-state index is -0.610. The van der Waals surface area contributed by atoms with Crippen LogP contribution in [-0.4, -0.2) is 29.0 Å². The maximum atomic E-state index is 11.9. The number of halogens is 1. The van der Waals surface area contributed by atoms with E-state index in [9.17, 15) is 14.9 Å². The van der Waals surface area contributed by atoms with Gasteiger partial charge in [0.2, 0.25) is 0 Å². The van der Waals surface area contributed by atoms with Gasteiger partial charge in [0.1, 0.15) is 0 Å². The first kappa shape index (κ1) is 15.8. The van der Waals surface area contributed by atoms with E-state index >= 15 is 0 Å². The maximum absolute atomic E-state index is 11.9. The van der Waals surface area contributed by atoms with Gasteiger partial charge >= 0.3 is 0 Å². The molecule has 19 heavy (non-hydrogen) atoms. The lowest BCUT2D eigenvalue weighted by Gasteiger charge is -2.18. The molecule has 0 amide bonds. The number of aromatic nitrogens is 1. The highest BCUT2D eigenvalue weighted by atomic mass is 79.9. The molecule has 0 spiro atoms. The highest BCUT2D eigenvalue weighted by Gasteiger charge is 2.16. The van der Waals surface area contributed by atoms with Crippen LogP contribution in [-0.2, 0) is 16.0 Å². The summed E-state index contributed by atoms with van der Waals surface area (Å²) in [6, 6.07) is 1.18. The Morgan fingerprint density at radius 2 is 2.00 bits per heavy atom. The fourth-order valence-corrected chi connectivity index (χ4v) is 1.97. The van der Waals surface area contributed by atoms with Gasteiger partial charge in [0, 0.05) is 19.3 Å². The predicted octanol–water partition coefficient (Wildman–Crippen LogP) is 1.92. The van der Waals surface area contributed by atoms with Gasteiger partial charge in [-0.2, -0.15) is 0 Å². The van der Waals surface area contributed by atoms with Crippen LogP contribution in [0.1, 0.15) is 13.8 Å². The zero-order chi connectivity index (χ0) is 14.4. The molecule has 0 bridgehead atoms. The summed E-state index contributed by atoms with van der Waals surface area (Å²) in [5.74, 6) is 0. The van der Waals surface area contributed by atoms with Crippen LogP contribution >= 0.6 is 15.9 Å². The van der Waals surface area contributed by atoms with Gasteiger partial charge in [-0.25, -0.2) is 0 Å². The smallest absolute Gasteiger partial charge is 0.286 e. The second-order valence-corrected chi connectivity index (χ2v) is 4.46. The molecule has 1 rings (SSSR count). The summed E-state index contributed by atoms with van der Waals surface area (Å²) >= 11 is 3.01. The van der Waals surface area contributed by atoms with Crippen LogP contribution in [0.15, 0.2) is 21.5 Å². The molecule has 0 atom stereocenters. The van der Waals surface area contributed by atoms with Crippen molar-refractivity contribution in [3.8, 4) is 0 Å². The molecule has 0 aliphatic heterocycles. The molecule has 0 unspecified atom stereocenters. The van der Waals surface area contributed by atoms with Crippen molar-refractivity contribution in [2.45, 2.75) is 26.7 Å². The van der Waals surface area contributed by atoms with Crippen molar-refractivity contribution < 1.29 is 14.4 Å². The van der Waals surface area contributed by atoms with Crippen molar-refractivity contribution >= 4 is 21.6 Å². The summed E-state index contributed by atoms with van der Waals surface area (Å²) < 4.78 is 12.0. The van der Waals surface area contributed by atoms with Crippen molar-refractivity contribution in [1.82, 2.24) is 4.57 Å². The molecule has 0 fully saturated rings. The molecule has 1 aromatic heterocycles. The van der Waals surface area contributed by atoms with E-state index in [4.69, 9.17) is 9.47 Å². The van der Waals surface area contributed by atoms with Gasteiger partial charge < -0.3 is 14.0 Å². The van der Waals surface area contributed by atoms with Crippen LogP contribution in [0.25, 0.3) is 0 Å². The van der Waals surface area contributed by atoms with Crippen LogP contribution < -0.4 is 5.56 Å². The highest BCUT2D eigenvalue weighted by molar-refractivity contribution is 9.10. The summed E-state index contributed by atoms with van der Waals surface area (Å²) in [7, 11) is 0. The number of nitrogens with zero attached hydrogens (tertiary/aromatic N) is 2. The molecule has 0 aliphatic rings. The van der Waals surface area contributed by atoms with Gasteiger partial charge in [0.25, 0.3) is 11.2 Å². The van der Waals surface area contributed by atoms with Gasteiger partial charge in [-0.1, -0.05) is 0 Å². The van der Waals surface area contributed by atoms with E-state index in [-0.39, 0.29) is 22.3 Å². The Morgan fingerprint density at radius 3 is 2.47 bits per heavy atom. The average molecular weight is 335 g/mol. The summed E-state index contributed by atoms with van der Waals surface area (Å²) in [6.45, 7) is 4.56. The number of ether oxygens (including phenoxy) is 2. The fourth-order valence-electron chi connectivity index (χ4n) is 1.51. The van der Waals surface area contributed by atoms with Gasteiger partial charge in [-0.05, 0) is 29.8 Å². The molecule has 0 radical (unpaired) electrons. The van der Waals surface area contributed by atoms with E-state index in [1.165, 1.54) is 16.8 Å². The minimum absolute atomic E-state index is 0.0980. The van der Waals surface area contributed by atoms with Crippen molar-refractivity contribution in [3.05, 3.63) is 37.2 Å². The number of hydrogen-bond donors (Lipinski definition) is 0. The molecule has 0 saturated heterocycles. The van der Waals surface area contributed by atoms with Gasteiger partial charge in [-0.3, -0.25) is 14.9 Å². The third-order valence-corrected chi connectivity index (χ3v) is 2.86. The van der Waals surface area contributed by atoms with Crippen molar-refractivity contribution in [1.29, 1.82) is 0 Å². The lowest BCUT2D eigenvalue weighted by molar-refractivity contribution is -0.385. The molecule has 7 nitrogen and oxygen atoms in total. The normalized spacial score (nSPS) is 10.9. The van der Waals surface area contributed by atoms with Crippen LogP contribution in [0, 0.1) is 10.1 Å². The molecule has 0 aromatic carbocycles. The second-order valence-electron chi connectivity index (χ2n) is 3.60. The van der Waals surface area contributed by atoms with E-state index in [1.807, 2.05) is 0 Å². The first-order valence-electron chi connectivity index (χ1n) is 5.77. The lowest BCUT2D eigenvalue weighted by Crippen LogP contribution is -2.30. The van der Waals surface area contributed by atoms with E-state index in [1.54, 1.807) is 13.8 Å². The monoisotopic (exact) mass is 334 g/mol. The zero-order valence-electron chi connectivity index (χ0n) is 10.7. The summed E-state index contributed by atoms with van der Waals surface area (Å²) in [5, 5.41) is 10.8. The Balaban J connectivity index is 3.04. The molecule has 1 heterocycles. The average Bonchev–Trinajstić information content (AvgIpc) is 2.35. The molecule has 0 saturated carbocycles. The fraction of sp³-hybridized carbons (Fsp3) is 0.545. The van der Waals surface area contributed by atoms with Crippen LogP contribution in [0.4, 0.5) is 5.69 Å². The Bertz CT molecular complexity index is 496. The summed E-state index contributed by atoms with van der Waals surface area (Å²) in [5.41, 5.74) is -0.534. The molecule has 8 heteroatoms. The summed E-state index contributed by atoms with van der Waals surface area (Å²) in [6.07, 6.45) is 0.569. The zero-order valence-corrected chi connectivity index (χ0v) is 12.3. The lowest BCUT2D eigenvalue weighted by atomic mass is 10.4. The third kappa shape index (κ3) is 4.41. The van der Waals surface area contributed by atoms with Gasteiger partial charge in [0.05, 0.1) is 22.1 Å². The number of pyridine rings is 1. The standard InChI is InChI=1S/C11H15BrN2O5/c1-3-18-10(19-4-2)7-13-6-8(14(16)17)5-9(12)11(13)15/h5-6,10H,3-4,7H2,1-2H3. The number of hydrogen-bond acceptors (Lipinski definition) is 5. The van der Waals surface area contributed by atoms with Crippen molar-refractivity contribution in [2.75, 3.05) is 13.2 Å². The largest absolute Gasteiger partial charge is 0.351 e. The Kier molecular flexibility index (Phi) is 6.13. The Hall–Kier alpha value is -1.25. The first-order valence-corrected chi connectivity index (χ1v) is 6.56. The molecule has 1 aromatic rings. The predicted molar refractivity (Wildman–Crippen MR) is 72.1 cm³/mol. The van der Waals surface area contributed by atoms with Crippen LogP contribution in [0.5, 0.6) is 0 Å². The molecule has 0 aliphatic carbocycles. The molecule has 106 valence electrons. The second kappa shape index (κ2) is 7.37. The molecular formula is C11H15BrN2O5. The SMILES string of the molecule is CCOC(Cn1cc([N+](=O)[O-])cc(Br)c1=O)OCC. The first-order chi connectivity index (χ1) is 8.99. The Labute approximate surface area is 118 Å². The quantitative estimate of drug-likeness (QED) is 0.432.